The maximum absolute atomic E-state index is 13.8. The van der Waals surface area contributed by atoms with Crippen molar-refractivity contribution >= 4 is 28.9 Å². The van der Waals surface area contributed by atoms with Gasteiger partial charge in [0.05, 0.1) is 16.1 Å². The Kier molecular flexibility index (Phi) is 8.56. The Labute approximate surface area is 221 Å². The van der Waals surface area contributed by atoms with Crippen molar-refractivity contribution in [2.75, 3.05) is 0 Å². The summed E-state index contributed by atoms with van der Waals surface area (Å²) in [4.78, 5) is 24.6. The summed E-state index contributed by atoms with van der Waals surface area (Å²) in [5.74, 6) is -0.440. The van der Waals surface area contributed by atoms with Gasteiger partial charge in [-0.2, -0.15) is 0 Å². The van der Waals surface area contributed by atoms with Gasteiger partial charge >= 0.3 is 0 Å². The van der Waals surface area contributed by atoms with Crippen LogP contribution in [0.5, 0.6) is 0 Å². The van der Waals surface area contributed by atoms with Crippen LogP contribution in [0.25, 0.3) is 17.4 Å². The minimum atomic E-state index is -0.421. The van der Waals surface area contributed by atoms with E-state index in [2.05, 4.69) is 0 Å². The third-order valence-corrected chi connectivity index (χ3v) is 5.80. The van der Waals surface area contributed by atoms with Crippen molar-refractivity contribution in [3.05, 3.63) is 178 Å². The van der Waals surface area contributed by atoms with Gasteiger partial charge in [-0.05, 0) is 23.3 Å². The molecule has 0 radical (unpaired) electrons. The summed E-state index contributed by atoms with van der Waals surface area (Å²) in [5.41, 5.74) is 2.93. The molecule has 0 heterocycles. The molecule has 0 amide bonds. The smallest absolute Gasteiger partial charge is 0.276 e. The molecule has 0 atom stereocenters. The SMILES string of the molecule is O=C(C(/C(=C/C=C\C=C\c1ccccc1[N+](=O)[O-])c1ccccc1)=C(/O)c1ccccc1)c1ccccc1. The third-order valence-electron chi connectivity index (χ3n) is 5.80. The van der Waals surface area contributed by atoms with Crippen LogP contribution in [0.15, 0.2) is 145 Å². The Morgan fingerprint density at radius 1 is 0.658 bits per heavy atom. The molecule has 5 heteroatoms. The van der Waals surface area contributed by atoms with Crippen molar-refractivity contribution in [2.24, 2.45) is 0 Å². The Morgan fingerprint density at radius 2 is 1.18 bits per heavy atom. The van der Waals surface area contributed by atoms with Crippen LogP contribution >= 0.6 is 0 Å². The van der Waals surface area contributed by atoms with E-state index in [1.54, 1.807) is 97.1 Å². The molecule has 0 saturated carbocycles. The fourth-order valence-electron chi connectivity index (χ4n) is 3.94. The highest BCUT2D eigenvalue weighted by atomic mass is 16.6. The maximum atomic E-state index is 13.8. The van der Waals surface area contributed by atoms with Gasteiger partial charge in [0, 0.05) is 17.2 Å². The second kappa shape index (κ2) is 12.6. The number of hydrogen-bond acceptors (Lipinski definition) is 4. The van der Waals surface area contributed by atoms with E-state index in [1.807, 2.05) is 42.5 Å². The predicted octanol–water partition coefficient (Wildman–Crippen LogP) is 8.10. The van der Waals surface area contributed by atoms with Crippen LogP contribution in [0.4, 0.5) is 5.69 Å². The first-order valence-electron chi connectivity index (χ1n) is 12.0. The first-order chi connectivity index (χ1) is 18.6. The van der Waals surface area contributed by atoms with Crippen molar-refractivity contribution in [2.45, 2.75) is 0 Å². The minimum Gasteiger partial charge on any atom is -0.507 e. The van der Waals surface area contributed by atoms with Gasteiger partial charge in [0.25, 0.3) is 5.69 Å². The Hall–Kier alpha value is -5.29. The highest BCUT2D eigenvalue weighted by Gasteiger charge is 2.23. The van der Waals surface area contributed by atoms with E-state index in [0.29, 0.717) is 22.3 Å². The Bertz CT molecular complexity index is 1530. The zero-order valence-electron chi connectivity index (χ0n) is 20.5. The highest BCUT2D eigenvalue weighted by Crippen LogP contribution is 2.32. The van der Waals surface area contributed by atoms with E-state index in [1.165, 1.54) is 6.07 Å². The number of benzene rings is 4. The highest BCUT2D eigenvalue weighted by molar-refractivity contribution is 6.22. The molecule has 5 nitrogen and oxygen atoms in total. The van der Waals surface area contributed by atoms with Crippen molar-refractivity contribution in [1.29, 1.82) is 0 Å². The normalized spacial score (nSPS) is 12.5. The molecule has 4 aromatic carbocycles. The summed E-state index contributed by atoms with van der Waals surface area (Å²) in [6.07, 6.45) is 8.57. The largest absolute Gasteiger partial charge is 0.507 e. The molecule has 186 valence electrons. The molecule has 4 rings (SSSR count). The molecule has 0 spiro atoms. The minimum absolute atomic E-state index is 0.0177. The zero-order chi connectivity index (χ0) is 26.7. The second-order valence-corrected chi connectivity index (χ2v) is 8.29. The molecular formula is C33H25NO4. The van der Waals surface area contributed by atoms with Gasteiger partial charge < -0.3 is 5.11 Å². The van der Waals surface area contributed by atoms with Gasteiger partial charge in [-0.25, -0.2) is 0 Å². The van der Waals surface area contributed by atoms with Crippen molar-refractivity contribution < 1.29 is 14.8 Å². The number of para-hydroxylation sites is 1. The molecular weight excluding hydrogens is 474 g/mol. The van der Waals surface area contributed by atoms with Gasteiger partial charge in [0.1, 0.15) is 5.76 Å². The lowest BCUT2D eigenvalue weighted by atomic mass is 9.89. The van der Waals surface area contributed by atoms with Crippen LogP contribution in [0, 0.1) is 10.1 Å². The predicted molar refractivity (Wildman–Crippen MR) is 152 cm³/mol. The van der Waals surface area contributed by atoms with E-state index in [-0.39, 0.29) is 22.8 Å². The van der Waals surface area contributed by atoms with Crippen LogP contribution in [-0.2, 0) is 0 Å². The third kappa shape index (κ3) is 6.28. The molecule has 0 aromatic heterocycles. The summed E-state index contributed by atoms with van der Waals surface area (Å²) in [5, 5.41) is 22.7. The summed E-state index contributed by atoms with van der Waals surface area (Å²) in [6.45, 7) is 0. The van der Waals surface area contributed by atoms with E-state index >= 15 is 0 Å². The summed E-state index contributed by atoms with van der Waals surface area (Å²) in [6, 6.07) is 33.6. The molecule has 1 N–H and O–H groups in total. The van der Waals surface area contributed by atoms with Crippen LogP contribution in [0.1, 0.15) is 27.0 Å². The standard InChI is InChI=1S/C33H25NO4/c35-32(27-19-8-2-9-20-27)31(33(36)28-21-10-3-11-22-28)29(25-15-5-1-6-16-25)23-12-4-7-17-26-18-13-14-24-30(26)34(37)38/h1-24,35H/b12-4-,17-7+,29-23+,32-31+. The van der Waals surface area contributed by atoms with Crippen molar-refractivity contribution in [1.82, 2.24) is 0 Å². The Balaban J connectivity index is 1.81. The number of allylic oxidation sites excluding steroid dienone is 6. The quantitative estimate of drug-likeness (QED) is 0.0630. The van der Waals surface area contributed by atoms with E-state index < -0.39 is 4.92 Å². The number of Topliss-reactive ketones (excluding diaryl/α,β-unsaturated/α-hetero) is 1. The van der Waals surface area contributed by atoms with Gasteiger partial charge in [0.15, 0.2) is 5.78 Å². The van der Waals surface area contributed by atoms with Crippen LogP contribution in [-0.4, -0.2) is 15.8 Å². The number of carbonyl (C=O) groups excluding carboxylic acids is 1. The van der Waals surface area contributed by atoms with Gasteiger partial charge in [-0.3, -0.25) is 14.9 Å². The summed E-state index contributed by atoms with van der Waals surface area (Å²) in [7, 11) is 0. The van der Waals surface area contributed by atoms with Crippen LogP contribution < -0.4 is 0 Å². The lowest BCUT2D eigenvalue weighted by Gasteiger charge is -2.15. The van der Waals surface area contributed by atoms with Gasteiger partial charge in [-0.15, -0.1) is 0 Å². The van der Waals surface area contributed by atoms with Crippen LogP contribution in [0.3, 0.4) is 0 Å². The molecule has 0 bridgehead atoms. The average Bonchev–Trinajstić information content (AvgIpc) is 2.97. The van der Waals surface area contributed by atoms with E-state index in [0.717, 1.165) is 5.56 Å². The van der Waals surface area contributed by atoms with Crippen molar-refractivity contribution in [3.63, 3.8) is 0 Å². The fraction of sp³-hybridized carbons (Fsp3) is 0. The molecule has 0 aliphatic carbocycles. The number of nitrogens with zero attached hydrogens (tertiary/aromatic N) is 1. The van der Waals surface area contributed by atoms with Gasteiger partial charge in [0.2, 0.25) is 0 Å². The topological polar surface area (TPSA) is 80.4 Å². The maximum Gasteiger partial charge on any atom is 0.276 e. The lowest BCUT2D eigenvalue weighted by molar-refractivity contribution is -0.385. The molecule has 38 heavy (non-hydrogen) atoms. The molecule has 4 aromatic rings. The van der Waals surface area contributed by atoms with E-state index in [9.17, 15) is 20.0 Å². The number of aliphatic hydroxyl groups is 1. The zero-order valence-corrected chi connectivity index (χ0v) is 20.5. The Morgan fingerprint density at radius 3 is 1.79 bits per heavy atom. The first kappa shape index (κ1) is 25.8. The first-order valence-corrected chi connectivity index (χ1v) is 12.0. The number of nitro groups is 1. The fourth-order valence-corrected chi connectivity index (χ4v) is 3.94. The molecule has 0 aliphatic heterocycles. The number of carbonyl (C=O) groups is 1. The van der Waals surface area contributed by atoms with E-state index in [4.69, 9.17) is 0 Å². The molecule has 0 aliphatic rings. The monoisotopic (exact) mass is 499 g/mol. The van der Waals surface area contributed by atoms with Crippen LogP contribution in [0.2, 0.25) is 0 Å². The molecule has 0 saturated heterocycles. The van der Waals surface area contributed by atoms with Gasteiger partial charge in [-0.1, -0.05) is 127 Å². The lowest BCUT2D eigenvalue weighted by Crippen LogP contribution is -2.09. The number of aliphatic hydroxyl groups excluding tert-OH is 1. The van der Waals surface area contributed by atoms with Crippen molar-refractivity contribution in [3.8, 4) is 0 Å². The molecule has 0 unspecified atom stereocenters. The number of nitro benzene ring substituents is 1. The molecule has 0 fully saturated rings. The summed E-state index contributed by atoms with van der Waals surface area (Å²) < 4.78 is 0. The average molecular weight is 500 g/mol. The summed E-state index contributed by atoms with van der Waals surface area (Å²) >= 11 is 0. The number of ketones is 1. The number of hydrogen-bond donors (Lipinski definition) is 1. The second-order valence-electron chi connectivity index (χ2n) is 8.29. The number of rotatable bonds is 9.